The van der Waals surface area contributed by atoms with E-state index in [-0.39, 0.29) is 0 Å². The Morgan fingerprint density at radius 3 is 2.67 bits per heavy atom. The molecule has 1 aliphatic heterocycles. The maximum Gasteiger partial charge on any atom is 0.152 e. The number of nitrogens with zero attached hydrogens (tertiary/aromatic N) is 2. The molecule has 0 saturated carbocycles. The van der Waals surface area contributed by atoms with Gasteiger partial charge in [-0.1, -0.05) is 11.6 Å². The van der Waals surface area contributed by atoms with Gasteiger partial charge in [-0.15, -0.1) is 0 Å². The Kier molecular flexibility index (Phi) is 4.46. The van der Waals surface area contributed by atoms with E-state index in [4.69, 9.17) is 11.6 Å². The van der Waals surface area contributed by atoms with Gasteiger partial charge in [0.1, 0.15) is 0 Å². The zero-order valence-corrected chi connectivity index (χ0v) is 12.2. The summed E-state index contributed by atoms with van der Waals surface area (Å²) in [4.78, 5) is 6.70. The molecule has 1 saturated heterocycles. The Bertz CT molecular complexity index is 398. The normalized spacial score (nSPS) is 18.3. The second-order valence-electron chi connectivity index (χ2n) is 5.40. The Labute approximate surface area is 115 Å². The summed E-state index contributed by atoms with van der Waals surface area (Å²) in [5.41, 5.74) is 2.11. The van der Waals surface area contributed by atoms with Crippen LogP contribution in [0.3, 0.4) is 0 Å². The van der Waals surface area contributed by atoms with Crippen molar-refractivity contribution in [2.75, 3.05) is 18.4 Å². The Hall–Kier alpha value is -0.800. The molecular formula is C14H22ClN3. The molecule has 0 spiro atoms. The number of pyridine rings is 1. The fourth-order valence-electron chi connectivity index (χ4n) is 2.43. The molecule has 100 valence electrons. The molecule has 0 radical (unpaired) electrons. The molecule has 0 amide bonds. The quantitative estimate of drug-likeness (QED) is 0.852. The number of halogens is 1. The van der Waals surface area contributed by atoms with Gasteiger partial charge < -0.3 is 10.2 Å². The lowest BCUT2D eigenvalue weighted by molar-refractivity contribution is 0.177. The van der Waals surface area contributed by atoms with Crippen LogP contribution >= 0.6 is 11.6 Å². The van der Waals surface area contributed by atoms with Crippen LogP contribution in [0.4, 0.5) is 5.69 Å². The Morgan fingerprint density at radius 2 is 2.06 bits per heavy atom. The highest BCUT2D eigenvalue weighted by atomic mass is 35.5. The first-order valence-corrected chi connectivity index (χ1v) is 7.07. The van der Waals surface area contributed by atoms with Gasteiger partial charge in [0.2, 0.25) is 0 Å². The first-order chi connectivity index (χ1) is 8.56. The molecule has 0 atom stereocenters. The first-order valence-electron chi connectivity index (χ1n) is 6.69. The molecule has 4 heteroatoms. The highest BCUT2D eigenvalue weighted by Crippen LogP contribution is 2.23. The SMILES string of the molecule is Cc1cnc(Cl)c(NC2CCN(C(C)C)CC2)c1. The molecule has 0 aliphatic carbocycles. The largest absolute Gasteiger partial charge is 0.380 e. The highest BCUT2D eigenvalue weighted by molar-refractivity contribution is 6.31. The molecule has 0 aromatic carbocycles. The number of rotatable bonds is 3. The maximum absolute atomic E-state index is 6.11. The number of nitrogens with one attached hydrogen (secondary N) is 1. The van der Waals surface area contributed by atoms with Crippen LogP contribution in [0.25, 0.3) is 0 Å². The van der Waals surface area contributed by atoms with Crippen molar-refractivity contribution in [2.24, 2.45) is 0 Å². The number of aromatic nitrogens is 1. The van der Waals surface area contributed by atoms with Gasteiger partial charge in [-0.25, -0.2) is 4.98 Å². The lowest BCUT2D eigenvalue weighted by Crippen LogP contribution is -2.42. The van der Waals surface area contributed by atoms with Gasteiger partial charge in [0.15, 0.2) is 5.15 Å². The van der Waals surface area contributed by atoms with Crippen LogP contribution in [-0.2, 0) is 0 Å². The molecule has 1 aliphatic rings. The zero-order valence-electron chi connectivity index (χ0n) is 11.4. The summed E-state index contributed by atoms with van der Waals surface area (Å²) in [6.45, 7) is 8.87. The molecule has 2 rings (SSSR count). The van der Waals surface area contributed by atoms with E-state index < -0.39 is 0 Å². The third-order valence-electron chi connectivity index (χ3n) is 3.60. The second-order valence-corrected chi connectivity index (χ2v) is 5.76. The van der Waals surface area contributed by atoms with Gasteiger partial charge in [-0.05, 0) is 45.2 Å². The predicted octanol–water partition coefficient (Wildman–Crippen LogP) is 3.33. The van der Waals surface area contributed by atoms with E-state index in [9.17, 15) is 0 Å². The smallest absolute Gasteiger partial charge is 0.152 e. The lowest BCUT2D eigenvalue weighted by Gasteiger charge is -2.35. The standard InChI is InChI=1S/C14H22ClN3/c1-10(2)18-6-4-12(5-7-18)17-13-8-11(3)9-16-14(13)15/h8-10,12,17H,4-7H2,1-3H3. The lowest BCUT2D eigenvalue weighted by atomic mass is 10.0. The van der Waals surface area contributed by atoms with Crippen LogP contribution in [0.2, 0.25) is 5.15 Å². The van der Waals surface area contributed by atoms with Crippen molar-refractivity contribution < 1.29 is 0 Å². The minimum absolute atomic E-state index is 0.515. The summed E-state index contributed by atoms with van der Waals surface area (Å²) in [5.74, 6) is 0. The van der Waals surface area contributed by atoms with Crippen molar-refractivity contribution in [3.8, 4) is 0 Å². The van der Waals surface area contributed by atoms with E-state index in [0.717, 1.165) is 24.3 Å². The summed E-state index contributed by atoms with van der Waals surface area (Å²) in [5, 5.41) is 4.10. The van der Waals surface area contributed by atoms with Crippen molar-refractivity contribution in [1.29, 1.82) is 0 Å². The second kappa shape index (κ2) is 5.89. The van der Waals surface area contributed by atoms with Gasteiger partial charge in [-0.2, -0.15) is 0 Å². The summed E-state index contributed by atoms with van der Waals surface area (Å²) in [7, 11) is 0. The van der Waals surface area contributed by atoms with Crippen LogP contribution in [0, 0.1) is 6.92 Å². The third kappa shape index (κ3) is 3.36. The van der Waals surface area contributed by atoms with Gasteiger partial charge in [0, 0.05) is 31.4 Å². The Morgan fingerprint density at radius 1 is 1.39 bits per heavy atom. The topological polar surface area (TPSA) is 28.2 Å². The monoisotopic (exact) mass is 267 g/mol. The van der Waals surface area contributed by atoms with E-state index in [1.807, 2.05) is 6.92 Å². The van der Waals surface area contributed by atoms with Crippen molar-refractivity contribution >= 4 is 17.3 Å². The minimum atomic E-state index is 0.515. The molecular weight excluding hydrogens is 246 g/mol. The van der Waals surface area contributed by atoms with Crippen LogP contribution < -0.4 is 5.32 Å². The minimum Gasteiger partial charge on any atom is -0.380 e. The maximum atomic E-state index is 6.11. The van der Waals surface area contributed by atoms with Crippen LogP contribution in [0.1, 0.15) is 32.3 Å². The summed E-state index contributed by atoms with van der Waals surface area (Å²) >= 11 is 6.11. The molecule has 0 bridgehead atoms. The molecule has 0 unspecified atom stereocenters. The highest BCUT2D eigenvalue weighted by Gasteiger charge is 2.21. The average Bonchev–Trinajstić information content (AvgIpc) is 2.34. The number of hydrogen-bond donors (Lipinski definition) is 1. The first kappa shape index (κ1) is 13.6. The molecule has 3 nitrogen and oxygen atoms in total. The van der Waals surface area contributed by atoms with Crippen molar-refractivity contribution in [3.63, 3.8) is 0 Å². The van der Waals surface area contributed by atoms with E-state index in [0.29, 0.717) is 17.2 Å². The molecule has 1 aromatic heterocycles. The Balaban J connectivity index is 1.93. The van der Waals surface area contributed by atoms with Gasteiger partial charge in [0.05, 0.1) is 5.69 Å². The molecule has 18 heavy (non-hydrogen) atoms. The van der Waals surface area contributed by atoms with E-state index >= 15 is 0 Å². The molecule has 1 N–H and O–H groups in total. The van der Waals surface area contributed by atoms with Crippen LogP contribution in [-0.4, -0.2) is 35.1 Å². The van der Waals surface area contributed by atoms with E-state index in [1.165, 1.54) is 12.8 Å². The molecule has 1 aromatic rings. The van der Waals surface area contributed by atoms with E-state index in [2.05, 4.69) is 35.1 Å². The third-order valence-corrected chi connectivity index (χ3v) is 3.90. The number of piperidine rings is 1. The van der Waals surface area contributed by atoms with Gasteiger partial charge >= 0.3 is 0 Å². The summed E-state index contributed by atoms with van der Waals surface area (Å²) in [6, 6.07) is 3.24. The van der Waals surface area contributed by atoms with Crippen molar-refractivity contribution in [1.82, 2.24) is 9.88 Å². The molecule has 1 fully saturated rings. The number of hydrogen-bond acceptors (Lipinski definition) is 3. The van der Waals surface area contributed by atoms with Crippen LogP contribution in [0.15, 0.2) is 12.3 Å². The predicted molar refractivity (Wildman–Crippen MR) is 77.3 cm³/mol. The van der Waals surface area contributed by atoms with E-state index in [1.54, 1.807) is 6.20 Å². The van der Waals surface area contributed by atoms with Gasteiger partial charge in [-0.3, -0.25) is 0 Å². The number of aryl methyl sites for hydroxylation is 1. The zero-order chi connectivity index (χ0) is 13.1. The number of anilines is 1. The number of likely N-dealkylation sites (tertiary alicyclic amines) is 1. The fraction of sp³-hybridized carbons (Fsp3) is 0.643. The van der Waals surface area contributed by atoms with Crippen molar-refractivity contribution in [3.05, 3.63) is 23.0 Å². The average molecular weight is 268 g/mol. The van der Waals surface area contributed by atoms with Crippen molar-refractivity contribution in [2.45, 2.75) is 45.7 Å². The van der Waals surface area contributed by atoms with Crippen LogP contribution in [0.5, 0.6) is 0 Å². The summed E-state index contributed by atoms with van der Waals surface area (Å²) in [6.07, 6.45) is 4.14. The fourth-order valence-corrected chi connectivity index (χ4v) is 2.59. The summed E-state index contributed by atoms with van der Waals surface area (Å²) < 4.78 is 0. The molecule has 2 heterocycles. The van der Waals surface area contributed by atoms with Gasteiger partial charge in [0.25, 0.3) is 0 Å².